The molecule has 0 saturated carbocycles. The molecular weight excluding hydrogens is 291 g/mol. The Morgan fingerprint density at radius 1 is 1.05 bits per heavy atom. The highest BCUT2D eigenvalue weighted by Gasteiger charge is 2.53. The van der Waals surface area contributed by atoms with Gasteiger partial charge in [0.1, 0.15) is 0 Å². The second-order valence-electron chi connectivity index (χ2n) is 5.82. The first-order valence-corrected chi connectivity index (χ1v) is 6.54. The summed E-state index contributed by atoms with van der Waals surface area (Å²) in [6.45, 7) is 7.13. The normalized spacial score (nSPS) is 21.3. The number of halogens is 4. The fraction of sp³-hybridized carbons (Fsp3) is 0.538. The Hall–Kier alpha value is -0.715. The Kier molecular flexibility index (Phi) is 3.64. The Balaban J connectivity index is 2.47. The van der Waals surface area contributed by atoms with Crippen molar-refractivity contribution in [2.24, 2.45) is 0 Å². The van der Waals surface area contributed by atoms with Gasteiger partial charge in [-0.15, -0.1) is 0 Å². The molecular formula is C13H15BClF3O2. The summed E-state index contributed by atoms with van der Waals surface area (Å²) in [6.07, 6.45) is -4.48. The van der Waals surface area contributed by atoms with E-state index in [1.807, 2.05) is 0 Å². The fourth-order valence-electron chi connectivity index (χ4n) is 1.96. The molecule has 0 bridgehead atoms. The standard InChI is InChI=1S/C13H15BClF3O2/c1-11(2)12(3,4)20-14(19-11)10-7-8(15)5-6-9(10)13(16,17)18/h5-7H,1-4H3. The first kappa shape index (κ1) is 15.7. The van der Waals surface area contributed by atoms with Crippen LogP contribution in [-0.4, -0.2) is 18.3 Å². The van der Waals surface area contributed by atoms with Crippen LogP contribution in [0.15, 0.2) is 18.2 Å². The van der Waals surface area contributed by atoms with E-state index in [2.05, 4.69) is 0 Å². The number of hydrogen-bond acceptors (Lipinski definition) is 2. The molecule has 20 heavy (non-hydrogen) atoms. The average molecular weight is 307 g/mol. The number of alkyl halides is 3. The average Bonchev–Trinajstić information content (AvgIpc) is 2.46. The van der Waals surface area contributed by atoms with Crippen LogP contribution in [0.2, 0.25) is 5.02 Å². The lowest BCUT2D eigenvalue weighted by Crippen LogP contribution is -2.41. The Morgan fingerprint density at radius 2 is 1.55 bits per heavy atom. The molecule has 1 heterocycles. The van der Waals surface area contributed by atoms with E-state index >= 15 is 0 Å². The molecule has 0 N–H and O–H groups in total. The number of benzene rings is 1. The molecule has 1 aliphatic rings. The highest BCUT2D eigenvalue weighted by molar-refractivity contribution is 6.63. The topological polar surface area (TPSA) is 18.5 Å². The zero-order valence-electron chi connectivity index (χ0n) is 11.6. The van der Waals surface area contributed by atoms with E-state index in [0.29, 0.717) is 0 Å². The van der Waals surface area contributed by atoms with E-state index in [9.17, 15) is 13.2 Å². The minimum atomic E-state index is -4.48. The van der Waals surface area contributed by atoms with E-state index in [1.165, 1.54) is 12.1 Å². The SMILES string of the molecule is CC1(C)OB(c2cc(Cl)ccc2C(F)(F)F)OC1(C)C. The van der Waals surface area contributed by atoms with E-state index in [4.69, 9.17) is 20.9 Å². The molecule has 1 fully saturated rings. The van der Waals surface area contributed by atoms with Gasteiger partial charge in [0.25, 0.3) is 0 Å². The highest BCUT2D eigenvalue weighted by atomic mass is 35.5. The lowest BCUT2D eigenvalue weighted by Gasteiger charge is -2.32. The quantitative estimate of drug-likeness (QED) is 0.737. The van der Waals surface area contributed by atoms with Crippen molar-refractivity contribution in [2.75, 3.05) is 0 Å². The second kappa shape index (κ2) is 4.65. The monoisotopic (exact) mass is 306 g/mol. The highest BCUT2D eigenvalue weighted by Crippen LogP contribution is 2.38. The van der Waals surface area contributed by atoms with Crippen molar-refractivity contribution < 1.29 is 22.5 Å². The molecule has 7 heteroatoms. The number of rotatable bonds is 1. The summed E-state index contributed by atoms with van der Waals surface area (Å²) in [7, 11) is -1.09. The lowest BCUT2D eigenvalue weighted by molar-refractivity contribution is -0.136. The molecule has 0 spiro atoms. The third-order valence-electron chi connectivity index (χ3n) is 3.83. The molecule has 0 aromatic heterocycles. The van der Waals surface area contributed by atoms with Gasteiger partial charge in [-0.25, -0.2) is 0 Å². The molecule has 1 aliphatic heterocycles. The van der Waals surface area contributed by atoms with Crippen LogP contribution < -0.4 is 5.46 Å². The van der Waals surface area contributed by atoms with Gasteiger partial charge < -0.3 is 9.31 Å². The summed E-state index contributed by atoms with van der Waals surface area (Å²) < 4.78 is 50.5. The van der Waals surface area contributed by atoms with Crippen molar-refractivity contribution in [3.8, 4) is 0 Å². The van der Waals surface area contributed by atoms with Gasteiger partial charge in [0.2, 0.25) is 0 Å². The molecule has 0 amide bonds. The van der Waals surface area contributed by atoms with E-state index in [0.717, 1.165) is 6.07 Å². The van der Waals surface area contributed by atoms with Crippen LogP contribution in [0.5, 0.6) is 0 Å². The van der Waals surface area contributed by atoms with Crippen LogP contribution in [0.1, 0.15) is 33.3 Å². The maximum atomic E-state index is 13.1. The molecule has 1 saturated heterocycles. The maximum absolute atomic E-state index is 13.1. The van der Waals surface area contributed by atoms with Crippen molar-refractivity contribution in [3.63, 3.8) is 0 Å². The van der Waals surface area contributed by atoms with Crippen LogP contribution in [0.25, 0.3) is 0 Å². The van der Waals surface area contributed by atoms with E-state index < -0.39 is 30.1 Å². The summed E-state index contributed by atoms with van der Waals surface area (Å²) in [5, 5.41) is 0.211. The minimum Gasteiger partial charge on any atom is -0.399 e. The van der Waals surface area contributed by atoms with Gasteiger partial charge in [0.05, 0.1) is 16.8 Å². The first-order valence-electron chi connectivity index (χ1n) is 6.16. The van der Waals surface area contributed by atoms with E-state index in [1.54, 1.807) is 27.7 Å². The van der Waals surface area contributed by atoms with Gasteiger partial charge in [-0.2, -0.15) is 13.2 Å². The van der Waals surface area contributed by atoms with E-state index in [-0.39, 0.29) is 10.5 Å². The Bertz CT molecular complexity index is 513. The van der Waals surface area contributed by atoms with Crippen LogP contribution in [0.4, 0.5) is 13.2 Å². The van der Waals surface area contributed by atoms with Crippen LogP contribution in [0.3, 0.4) is 0 Å². The summed E-state index contributed by atoms with van der Waals surface area (Å²) in [5.41, 5.74) is -2.30. The molecule has 0 radical (unpaired) electrons. The molecule has 0 unspecified atom stereocenters. The van der Waals surface area contributed by atoms with Crippen LogP contribution in [0, 0.1) is 0 Å². The predicted molar refractivity (Wildman–Crippen MR) is 72.2 cm³/mol. The predicted octanol–water partition coefficient (Wildman–Crippen LogP) is 3.66. The zero-order valence-corrected chi connectivity index (χ0v) is 12.4. The number of hydrogen-bond donors (Lipinski definition) is 0. The lowest BCUT2D eigenvalue weighted by atomic mass is 9.75. The second-order valence-corrected chi connectivity index (χ2v) is 6.25. The van der Waals surface area contributed by atoms with Gasteiger partial charge in [-0.05, 0) is 51.4 Å². The van der Waals surface area contributed by atoms with Crippen LogP contribution in [-0.2, 0) is 15.5 Å². The van der Waals surface area contributed by atoms with Crippen molar-refractivity contribution in [1.29, 1.82) is 0 Å². The van der Waals surface area contributed by atoms with Crippen molar-refractivity contribution in [3.05, 3.63) is 28.8 Å². The van der Waals surface area contributed by atoms with Gasteiger partial charge in [0, 0.05) is 5.02 Å². The van der Waals surface area contributed by atoms with Crippen molar-refractivity contribution >= 4 is 24.2 Å². The molecule has 0 atom stereocenters. The molecule has 110 valence electrons. The van der Waals surface area contributed by atoms with Crippen molar-refractivity contribution in [2.45, 2.75) is 45.1 Å². The fourth-order valence-corrected chi connectivity index (χ4v) is 2.14. The molecule has 2 rings (SSSR count). The Labute approximate surface area is 121 Å². The van der Waals surface area contributed by atoms with Crippen LogP contribution >= 0.6 is 11.6 Å². The largest absolute Gasteiger partial charge is 0.495 e. The molecule has 2 nitrogen and oxygen atoms in total. The smallest absolute Gasteiger partial charge is 0.399 e. The summed E-state index contributed by atoms with van der Waals surface area (Å²) >= 11 is 5.81. The van der Waals surface area contributed by atoms with Gasteiger partial charge in [-0.1, -0.05) is 11.6 Å². The molecule has 1 aromatic rings. The Morgan fingerprint density at radius 3 is 2.00 bits per heavy atom. The summed E-state index contributed by atoms with van der Waals surface area (Å²) in [5.74, 6) is 0. The van der Waals surface area contributed by atoms with Gasteiger partial charge >= 0.3 is 13.3 Å². The molecule has 0 aliphatic carbocycles. The minimum absolute atomic E-state index is 0.0938. The van der Waals surface area contributed by atoms with Gasteiger partial charge in [-0.3, -0.25) is 0 Å². The summed E-state index contributed by atoms with van der Waals surface area (Å²) in [4.78, 5) is 0. The third-order valence-corrected chi connectivity index (χ3v) is 4.06. The van der Waals surface area contributed by atoms with Crippen molar-refractivity contribution in [1.82, 2.24) is 0 Å². The first-order chi connectivity index (χ1) is 8.94. The summed E-state index contributed by atoms with van der Waals surface area (Å²) in [6, 6.07) is 3.40. The maximum Gasteiger partial charge on any atom is 0.495 e. The molecule has 1 aromatic carbocycles. The van der Waals surface area contributed by atoms with Gasteiger partial charge in [0.15, 0.2) is 0 Å². The third kappa shape index (κ3) is 2.69. The zero-order chi connectivity index (χ0) is 15.3.